The van der Waals surface area contributed by atoms with E-state index in [4.69, 9.17) is 0 Å². The Balaban J connectivity index is 1.53. The van der Waals surface area contributed by atoms with Crippen molar-refractivity contribution in [2.75, 3.05) is 24.3 Å². The van der Waals surface area contributed by atoms with Crippen molar-refractivity contribution in [2.45, 2.75) is 38.0 Å². The normalized spacial score (nSPS) is 20.1. The van der Waals surface area contributed by atoms with Crippen LogP contribution < -0.4 is 10.2 Å². The topological polar surface area (TPSA) is 47.9 Å². The van der Waals surface area contributed by atoms with Crippen molar-refractivity contribution < 1.29 is 14.0 Å². The van der Waals surface area contributed by atoms with Gasteiger partial charge in [0.2, 0.25) is 0 Å². The highest BCUT2D eigenvalue weighted by Gasteiger charge is 2.24. The monoisotopic (exact) mass is 387 g/mol. The molecule has 3 rings (SSSR count). The molecule has 0 bridgehead atoms. The summed E-state index contributed by atoms with van der Waals surface area (Å²) in [6.45, 7) is 0. The third-order valence-electron chi connectivity index (χ3n) is 5.54. The number of benzene rings is 2. The van der Waals surface area contributed by atoms with Crippen LogP contribution in [0.5, 0.6) is 0 Å². The predicted octanol–water partition coefficient (Wildman–Crippen LogP) is 5.59. The van der Waals surface area contributed by atoms with Crippen LogP contribution in [-0.2, 0) is 0 Å². The Labute approximate surface area is 164 Å². The SMILES string of the molecule is CN(C)c1ccc([C@H]2CC[C@H](CC(=NO)Nc3ccc(F)c(F)c3)CC2)cc1. The summed E-state index contributed by atoms with van der Waals surface area (Å²) in [4.78, 5) is 2.09. The van der Waals surface area contributed by atoms with Gasteiger partial charge in [0.1, 0.15) is 5.84 Å². The quantitative estimate of drug-likeness (QED) is 0.304. The Morgan fingerprint density at radius 3 is 2.29 bits per heavy atom. The Morgan fingerprint density at radius 1 is 1.04 bits per heavy atom. The van der Waals surface area contributed by atoms with Gasteiger partial charge in [0.25, 0.3) is 0 Å². The van der Waals surface area contributed by atoms with Crippen LogP contribution in [0.4, 0.5) is 20.2 Å². The van der Waals surface area contributed by atoms with Gasteiger partial charge in [-0.05, 0) is 67.3 Å². The predicted molar refractivity (Wildman–Crippen MR) is 109 cm³/mol. The minimum atomic E-state index is -0.928. The van der Waals surface area contributed by atoms with Gasteiger partial charge in [0, 0.05) is 38.0 Å². The van der Waals surface area contributed by atoms with Gasteiger partial charge in [-0.25, -0.2) is 8.78 Å². The fourth-order valence-corrected chi connectivity index (χ4v) is 3.88. The van der Waals surface area contributed by atoms with E-state index in [1.165, 1.54) is 17.3 Å². The lowest BCUT2D eigenvalue weighted by atomic mass is 9.77. The zero-order chi connectivity index (χ0) is 20.1. The lowest BCUT2D eigenvalue weighted by molar-refractivity contribution is 0.306. The third kappa shape index (κ3) is 5.00. The van der Waals surface area contributed by atoms with Crippen LogP contribution in [0, 0.1) is 17.6 Å². The van der Waals surface area contributed by atoms with Gasteiger partial charge in [-0.15, -0.1) is 0 Å². The maximum absolute atomic E-state index is 13.3. The fraction of sp³-hybridized carbons (Fsp3) is 0.409. The maximum atomic E-state index is 13.3. The molecule has 0 heterocycles. The summed E-state index contributed by atoms with van der Waals surface area (Å²) in [5.74, 6) is -0.486. The largest absolute Gasteiger partial charge is 0.409 e. The van der Waals surface area contributed by atoms with Gasteiger partial charge in [-0.3, -0.25) is 0 Å². The number of anilines is 2. The van der Waals surface area contributed by atoms with E-state index in [0.29, 0.717) is 29.8 Å². The summed E-state index contributed by atoms with van der Waals surface area (Å²) in [6, 6.07) is 12.3. The summed E-state index contributed by atoms with van der Waals surface area (Å²) >= 11 is 0. The summed E-state index contributed by atoms with van der Waals surface area (Å²) < 4.78 is 26.4. The van der Waals surface area contributed by atoms with E-state index in [1.54, 1.807) is 0 Å². The molecule has 150 valence electrons. The van der Waals surface area contributed by atoms with Crippen LogP contribution >= 0.6 is 0 Å². The highest BCUT2D eigenvalue weighted by Crippen LogP contribution is 2.37. The lowest BCUT2D eigenvalue weighted by Crippen LogP contribution is -2.21. The van der Waals surface area contributed by atoms with E-state index in [1.807, 2.05) is 14.1 Å². The summed E-state index contributed by atoms with van der Waals surface area (Å²) in [5, 5.41) is 15.5. The molecule has 1 saturated carbocycles. The Hall–Kier alpha value is -2.63. The number of halogens is 2. The molecular formula is C22H27F2N3O. The molecule has 2 aromatic carbocycles. The van der Waals surface area contributed by atoms with E-state index >= 15 is 0 Å². The molecule has 0 spiro atoms. The molecule has 4 nitrogen and oxygen atoms in total. The van der Waals surface area contributed by atoms with Crippen molar-refractivity contribution in [1.29, 1.82) is 0 Å². The highest BCUT2D eigenvalue weighted by molar-refractivity contribution is 5.95. The van der Waals surface area contributed by atoms with Crippen molar-refractivity contribution in [2.24, 2.45) is 11.1 Å². The van der Waals surface area contributed by atoms with E-state index < -0.39 is 11.6 Å². The van der Waals surface area contributed by atoms with Gasteiger partial charge in [-0.2, -0.15) is 0 Å². The average molecular weight is 387 g/mol. The smallest absolute Gasteiger partial charge is 0.160 e. The number of oxime groups is 1. The van der Waals surface area contributed by atoms with Crippen molar-refractivity contribution in [1.82, 2.24) is 0 Å². The van der Waals surface area contributed by atoms with Crippen molar-refractivity contribution in [3.05, 3.63) is 59.7 Å². The molecule has 1 fully saturated rings. The molecule has 1 aliphatic carbocycles. The van der Waals surface area contributed by atoms with Crippen LogP contribution in [0.3, 0.4) is 0 Å². The Bertz CT molecular complexity index is 813. The second kappa shape index (κ2) is 9.04. The zero-order valence-electron chi connectivity index (χ0n) is 16.3. The van der Waals surface area contributed by atoms with Crippen molar-refractivity contribution >= 4 is 17.2 Å². The van der Waals surface area contributed by atoms with Crippen molar-refractivity contribution in [3.8, 4) is 0 Å². The van der Waals surface area contributed by atoms with Crippen LogP contribution in [0.2, 0.25) is 0 Å². The minimum Gasteiger partial charge on any atom is -0.409 e. The number of nitrogens with one attached hydrogen (secondary N) is 1. The van der Waals surface area contributed by atoms with E-state index in [9.17, 15) is 14.0 Å². The number of amidine groups is 1. The molecule has 28 heavy (non-hydrogen) atoms. The first-order valence-electron chi connectivity index (χ1n) is 9.66. The first kappa shape index (κ1) is 20.1. The minimum absolute atomic E-state index is 0.376. The standard InChI is InChI=1S/C22H27F2N3O/c1-27(2)19-10-7-17(8-11-19)16-5-3-15(4-6-16)13-22(26-28)25-18-9-12-20(23)21(24)14-18/h7-12,14-16,28H,3-6,13H2,1-2H3,(H,25,26)/t15-,16-. The lowest BCUT2D eigenvalue weighted by Gasteiger charge is -2.29. The molecule has 0 atom stereocenters. The molecule has 2 N–H and O–H groups in total. The fourth-order valence-electron chi connectivity index (χ4n) is 3.88. The first-order chi connectivity index (χ1) is 13.5. The number of hydrogen-bond donors (Lipinski definition) is 2. The van der Waals surface area contributed by atoms with E-state index in [0.717, 1.165) is 37.8 Å². The highest BCUT2D eigenvalue weighted by atomic mass is 19.2. The molecule has 0 aliphatic heterocycles. The maximum Gasteiger partial charge on any atom is 0.160 e. The molecule has 6 heteroatoms. The zero-order valence-corrected chi connectivity index (χ0v) is 16.3. The number of hydrogen-bond acceptors (Lipinski definition) is 3. The first-order valence-corrected chi connectivity index (χ1v) is 9.66. The van der Waals surface area contributed by atoms with Gasteiger partial charge < -0.3 is 15.4 Å². The summed E-state index contributed by atoms with van der Waals surface area (Å²) in [6.07, 6.45) is 4.85. The van der Waals surface area contributed by atoms with Gasteiger partial charge in [0.05, 0.1) is 0 Å². The van der Waals surface area contributed by atoms with Crippen LogP contribution in [0.25, 0.3) is 0 Å². The van der Waals surface area contributed by atoms with Crippen LogP contribution in [0.15, 0.2) is 47.6 Å². The molecule has 0 amide bonds. The Morgan fingerprint density at radius 2 is 1.71 bits per heavy atom. The van der Waals surface area contributed by atoms with Crippen LogP contribution in [-0.4, -0.2) is 25.1 Å². The average Bonchev–Trinajstić information content (AvgIpc) is 2.71. The van der Waals surface area contributed by atoms with Crippen molar-refractivity contribution in [3.63, 3.8) is 0 Å². The Kier molecular flexibility index (Phi) is 6.49. The van der Waals surface area contributed by atoms with E-state index in [-0.39, 0.29) is 0 Å². The second-order valence-electron chi connectivity index (χ2n) is 7.71. The molecular weight excluding hydrogens is 360 g/mol. The van der Waals surface area contributed by atoms with Gasteiger partial charge in [-0.1, -0.05) is 17.3 Å². The summed E-state index contributed by atoms with van der Waals surface area (Å²) in [7, 11) is 4.07. The molecule has 2 aromatic rings. The molecule has 0 radical (unpaired) electrons. The van der Waals surface area contributed by atoms with Crippen LogP contribution in [0.1, 0.15) is 43.6 Å². The molecule has 0 unspecified atom stereocenters. The second-order valence-corrected chi connectivity index (χ2v) is 7.71. The molecule has 0 aromatic heterocycles. The van der Waals surface area contributed by atoms with Gasteiger partial charge in [0.15, 0.2) is 11.6 Å². The van der Waals surface area contributed by atoms with E-state index in [2.05, 4.69) is 39.6 Å². The number of rotatable bonds is 5. The third-order valence-corrected chi connectivity index (χ3v) is 5.54. The summed E-state index contributed by atoms with van der Waals surface area (Å²) in [5.41, 5.74) is 2.95. The number of nitrogens with zero attached hydrogens (tertiary/aromatic N) is 2. The molecule has 0 saturated heterocycles. The van der Waals surface area contributed by atoms with Gasteiger partial charge >= 0.3 is 0 Å². The molecule has 1 aliphatic rings.